The summed E-state index contributed by atoms with van der Waals surface area (Å²) in [7, 11) is 2.17. The van der Waals surface area contributed by atoms with Gasteiger partial charge in [-0.25, -0.2) is 4.98 Å². The van der Waals surface area contributed by atoms with Gasteiger partial charge in [0.25, 0.3) is 0 Å². The first-order valence-corrected chi connectivity index (χ1v) is 6.83. The molecule has 0 bridgehead atoms. The quantitative estimate of drug-likeness (QED) is 0.856. The highest BCUT2D eigenvalue weighted by Crippen LogP contribution is 2.32. The van der Waals surface area contributed by atoms with Gasteiger partial charge in [-0.1, -0.05) is 0 Å². The van der Waals surface area contributed by atoms with Crippen LogP contribution in [0.4, 0.5) is 0 Å². The van der Waals surface area contributed by atoms with E-state index in [1.807, 2.05) is 5.51 Å². The molecule has 0 amide bonds. The van der Waals surface area contributed by atoms with E-state index in [4.69, 9.17) is 5.73 Å². The lowest BCUT2D eigenvalue weighted by molar-refractivity contribution is 0.194. The van der Waals surface area contributed by atoms with Gasteiger partial charge in [-0.15, -0.1) is 11.3 Å². The van der Waals surface area contributed by atoms with Crippen LogP contribution >= 0.6 is 11.3 Å². The van der Waals surface area contributed by atoms with E-state index in [1.165, 1.54) is 29.8 Å². The van der Waals surface area contributed by atoms with Crippen LogP contribution in [-0.4, -0.2) is 29.0 Å². The summed E-state index contributed by atoms with van der Waals surface area (Å²) >= 11 is 1.75. The van der Waals surface area contributed by atoms with Gasteiger partial charge in [0, 0.05) is 17.0 Å². The monoisotopic (exact) mass is 239 g/mol. The molecule has 0 atom stereocenters. The van der Waals surface area contributed by atoms with Crippen LogP contribution in [0, 0.1) is 6.92 Å². The minimum atomic E-state index is 0.150. The molecule has 0 spiro atoms. The number of aryl methyl sites for hydroxylation is 1. The van der Waals surface area contributed by atoms with Crippen LogP contribution in [0.5, 0.6) is 0 Å². The first-order chi connectivity index (χ1) is 7.59. The zero-order valence-electron chi connectivity index (χ0n) is 10.2. The van der Waals surface area contributed by atoms with Crippen LogP contribution in [-0.2, 0) is 6.54 Å². The van der Waals surface area contributed by atoms with Gasteiger partial charge in [0.1, 0.15) is 0 Å². The second kappa shape index (κ2) is 4.82. The zero-order chi connectivity index (χ0) is 11.6. The number of hydrogen-bond donors (Lipinski definition) is 1. The Morgan fingerprint density at radius 1 is 1.56 bits per heavy atom. The number of rotatable bonds is 5. The van der Waals surface area contributed by atoms with Crippen LogP contribution in [0.3, 0.4) is 0 Å². The molecular weight excluding hydrogens is 218 g/mol. The Labute approximate surface area is 102 Å². The first-order valence-electron chi connectivity index (χ1n) is 5.95. The van der Waals surface area contributed by atoms with Gasteiger partial charge < -0.3 is 10.6 Å². The smallest absolute Gasteiger partial charge is 0.0798 e. The molecule has 0 unspecified atom stereocenters. The van der Waals surface area contributed by atoms with Crippen molar-refractivity contribution in [2.45, 2.75) is 44.7 Å². The summed E-state index contributed by atoms with van der Waals surface area (Å²) in [5, 5.41) is 0. The Bertz CT molecular complexity index is 344. The Balaban J connectivity index is 1.76. The molecule has 0 saturated heterocycles. The van der Waals surface area contributed by atoms with Crippen molar-refractivity contribution in [3.05, 3.63) is 16.1 Å². The molecule has 1 saturated carbocycles. The normalized spacial score (nSPS) is 18.8. The zero-order valence-corrected chi connectivity index (χ0v) is 11.0. The van der Waals surface area contributed by atoms with Crippen LogP contribution in [0.2, 0.25) is 0 Å². The molecule has 0 aromatic carbocycles. The standard InChI is InChI=1S/C12H21N3S/c1-10-11(16-9-14-10)8-15(2)7-6-12(13)4-3-5-12/h9H,3-8,13H2,1-2H3. The van der Waals surface area contributed by atoms with Gasteiger partial charge in [0.2, 0.25) is 0 Å². The van der Waals surface area contributed by atoms with Gasteiger partial charge in [-0.2, -0.15) is 0 Å². The lowest BCUT2D eigenvalue weighted by Gasteiger charge is -2.39. The molecular formula is C12H21N3S. The van der Waals surface area contributed by atoms with Crippen molar-refractivity contribution >= 4 is 11.3 Å². The van der Waals surface area contributed by atoms with Crippen molar-refractivity contribution < 1.29 is 0 Å². The van der Waals surface area contributed by atoms with Gasteiger partial charge in [0.05, 0.1) is 11.2 Å². The van der Waals surface area contributed by atoms with Gasteiger partial charge in [-0.05, 0) is 46.2 Å². The predicted molar refractivity (Wildman–Crippen MR) is 68.6 cm³/mol. The highest BCUT2D eigenvalue weighted by molar-refractivity contribution is 7.09. The summed E-state index contributed by atoms with van der Waals surface area (Å²) in [6.45, 7) is 4.18. The van der Waals surface area contributed by atoms with Gasteiger partial charge >= 0.3 is 0 Å². The maximum atomic E-state index is 6.22. The summed E-state index contributed by atoms with van der Waals surface area (Å²) in [4.78, 5) is 8.00. The molecule has 0 aliphatic heterocycles. The number of nitrogens with two attached hydrogens (primary N) is 1. The summed E-state index contributed by atoms with van der Waals surface area (Å²) in [5.74, 6) is 0. The van der Waals surface area contributed by atoms with E-state index in [9.17, 15) is 0 Å². The highest BCUT2D eigenvalue weighted by atomic mass is 32.1. The lowest BCUT2D eigenvalue weighted by atomic mass is 9.75. The third kappa shape index (κ3) is 2.81. The van der Waals surface area contributed by atoms with Crippen LogP contribution in [0.1, 0.15) is 36.3 Å². The Hall–Kier alpha value is -0.450. The largest absolute Gasteiger partial charge is 0.325 e. The van der Waals surface area contributed by atoms with Crippen molar-refractivity contribution in [2.24, 2.45) is 5.73 Å². The van der Waals surface area contributed by atoms with E-state index in [0.717, 1.165) is 19.5 Å². The Morgan fingerprint density at radius 2 is 2.31 bits per heavy atom. The minimum absolute atomic E-state index is 0.150. The maximum absolute atomic E-state index is 6.22. The molecule has 90 valence electrons. The van der Waals surface area contributed by atoms with E-state index in [-0.39, 0.29) is 5.54 Å². The maximum Gasteiger partial charge on any atom is 0.0798 e. The number of aromatic nitrogens is 1. The number of thiazole rings is 1. The van der Waals surface area contributed by atoms with Gasteiger partial charge in [-0.3, -0.25) is 0 Å². The van der Waals surface area contributed by atoms with E-state index in [0.29, 0.717) is 0 Å². The molecule has 1 aromatic heterocycles. The summed E-state index contributed by atoms with van der Waals surface area (Å²) < 4.78 is 0. The molecule has 0 radical (unpaired) electrons. The molecule has 1 aliphatic rings. The Morgan fingerprint density at radius 3 is 2.81 bits per heavy atom. The molecule has 1 aliphatic carbocycles. The van der Waals surface area contributed by atoms with Crippen LogP contribution < -0.4 is 5.73 Å². The minimum Gasteiger partial charge on any atom is -0.325 e. The van der Waals surface area contributed by atoms with Crippen molar-refractivity contribution in [3.63, 3.8) is 0 Å². The topological polar surface area (TPSA) is 42.2 Å². The van der Waals surface area contributed by atoms with Crippen LogP contribution in [0.25, 0.3) is 0 Å². The van der Waals surface area contributed by atoms with Crippen molar-refractivity contribution in [1.29, 1.82) is 0 Å². The third-order valence-electron chi connectivity index (χ3n) is 3.60. The fourth-order valence-electron chi connectivity index (χ4n) is 2.10. The average Bonchev–Trinajstić information content (AvgIpc) is 2.59. The summed E-state index contributed by atoms with van der Waals surface area (Å²) in [6, 6.07) is 0. The molecule has 2 N–H and O–H groups in total. The first kappa shape index (κ1) is 12.0. The molecule has 3 nitrogen and oxygen atoms in total. The molecule has 16 heavy (non-hydrogen) atoms. The van der Waals surface area contributed by atoms with Crippen molar-refractivity contribution in [2.75, 3.05) is 13.6 Å². The van der Waals surface area contributed by atoms with Gasteiger partial charge in [0.15, 0.2) is 0 Å². The lowest BCUT2D eigenvalue weighted by Crippen LogP contribution is -2.48. The third-order valence-corrected chi connectivity index (χ3v) is 4.52. The van der Waals surface area contributed by atoms with E-state index < -0.39 is 0 Å². The molecule has 2 rings (SSSR count). The van der Waals surface area contributed by atoms with E-state index in [1.54, 1.807) is 11.3 Å². The second-order valence-corrected chi connectivity index (χ2v) is 6.00. The van der Waals surface area contributed by atoms with Crippen molar-refractivity contribution in [1.82, 2.24) is 9.88 Å². The summed E-state index contributed by atoms with van der Waals surface area (Å²) in [6.07, 6.45) is 4.86. The fourth-order valence-corrected chi connectivity index (χ4v) is 2.95. The van der Waals surface area contributed by atoms with Crippen molar-refractivity contribution in [3.8, 4) is 0 Å². The SMILES string of the molecule is Cc1ncsc1CN(C)CCC1(N)CCC1. The molecule has 4 heteroatoms. The molecule has 1 aromatic rings. The van der Waals surface area contributed by atoms with E-state index in [2.05, 4.69) is 23.9 Å². The number of hydrogen-bond acceptors (Lipinski definition) is 4. The molecule has 1 fully saturated rings. The summed E-state index contributed by atoms with van der Waals surface area (Å²) in [5.41, 5.74) is 9.46. The fraction of sp³-hybridized carbons (Fsp3) is 0.750. The van der Waals surface area contributed by atoms with E-state index >= 15 is 0 Å². The predicted octanol–water partition coefficient (Wildman–Crippen LogP) is 2.15. The Kier molecular flexibility index (Phi) is 3.62. The average molecular weight is 239 g/mol. The number of nitrogens with zero attached hydrogens (tertiary/aromatic N) is 2. The van der Waals surface area contributed by atoms with Crippen LogP contribution in [0.15, 0.2) is 5.51 Å². The molecule has 1 heterocycles. The second-order valence-electron chi connectivity index (χ2n) is 5.06. The highest BCUT2D eigenvalue weighted by Gasteiger charge is 2.31.